The maximum Gasteiger partial charge on any atom is 0.246 e. The van der Waals surface area contributed by atoms with Gasteiger partial charge in [0.05, 0.1) is 18.2 Å². The Bertz CT molecular complexity index is 2690. The van der Waals surface area contributed by atoms with Crippen molar-refractivity contribution in [3.8, 4) is 0 Å². The Hall–Kier alpha value is -6.10. The number of Topliss-reactive ketones (excluding diaryl/α,β-unsaturated/α-hetero) is 3. The van der Waals surface area contributed by atoms with E-state index in [-0.39, 0.29) is 75.0 Å². The number of aliphatic hydroxyl groups excluding tert-OH is 1. The number of rotatable bonds is 18. The molecule has 13 atom stereocenters. The Morgan fingerprint density at radius 1 is 0.516 bits per heavy atom. The molecule has 23 heteroatoms. The fourth-order valence-corrected chi connectivity index (χ4v) is 12.7. The van der Waals surface area contributed by atoms with Crippen LogP contribution in [0.15, 0.2) is 12.4 Å². The molecule has 1 fully saturated rings. The molecule has 93 heavy (non-hydrogen) atoms. The van der Waals surface area contributed by atoms with Gasteiger partial charge >= 0.3 is 0 Å². The lowest BCUT2D eigenvalue weighted by atomic mass is 9.84. The number of nitrogens with zero attached hydrogens (tertiary/aromatic N) is 10. The second-order valence-electron chi connectivity index (χ2n) is 29.6. The lowest BCUT2D eigenvalue weighted by Gasteiger charge is -2.41. The summed E-state index contributed by atoms with van der Waals surface area (Å²) < 4.78 is 1.96. The molecular formula is C70H123N11O12. The molecule has 1 aliphatic rings. The Morgan fingerprint density at radius 2 is 0.957 bits per heavy atom. The van der Waals surface area contributed by atoms with Gasteiger partial charge in [0, 0.05) is 118 Å². The molecule has 0 bridgehead atoms. The summed E-state index contributed by atoms with van der Waals surface area (Å²) in [7, 11) is 14.2. The standard InChI is InChI=1S/C70H123N11O12/c1-27-50-38-58(84)61(62(85)46(14)37-59-71-28-29-81(59)31-30-73(18)19)80(26)70(93)60(45(12)13)79(25)69(92)55(35-43(8)9)78(24)68(91)54(34-42(6)7)77(23)64(87)48(16)72-63(86)47(15)36-56(82)52(32-40(2)3)76(22)67(90)51(44(10)11)39-57(83)53(33-41(4)5)75(21)65(88)49(17)74(20)66(50)89/h28-29,40-55,60-62,85H,27,30-39H2,1-26H3,(H,72,86)/t46-,47+,48+,49-,50+,51-,52-,53+,54-,55-,60-,61+,62-/m1/s1. The van der Waals surface area contributed by atoms with E-state index in [1.165, 1.54) is 97.5 Å². The van der Waals surface area contributed by atoms with Crippen molar-refractivity contribution in [3.05, 3.63) is 18.2 Å². The normalized spacial score (nSPS) is 26.7. The minimum absolute atomic E-state index is 0.0746. The molecule has 2 rings (SSSR count). The van der Waals surface area contributed by atoms with E-state index in [1.807, 2.05) is 99.0 Å². The van der Waals surface area contributed by atoms with Crippen LogP contribution in [0.5, 0.6) is 0 Å². The number of carbonyl (C=O) groups excluding carboxylic acids is 11. The van der Waals surface area contributed by atoms with Crippen molar-refractivity contribution < 1.29 is 57.8 Å². The number of aliphatic hydroxyl groups is 1. The van der Waals surface area contributed by atoms with Crippen molar-refractivity contribution in [1.82, 2.24) is 54.1 Å². The average molecular weight is 1310 g/mol. The Balaban J connectivity index is 3.05. The monoisotopic (exact) mass is 1310 g/mol. The molecule has 1 aromatic heterocycles. The Morgan fingerprint density at radius 3 is 1.42 bits per heavy atom. The van der Waals surface area contributed by atoms with Gasteiger partial charge in [-0.1, -0.05) is 104 Å². The van der Waals surface area contributed by atoms with Crippen LogP contribution in [-0.4, -0.2) is 243 Å². The second kappa shape index (κ2) is 37.3. The first-order chi connectivity index (χ1) is 43.0. The van der Waals surface area contributed by atoms with Crippen molar-refractivity contribution in [1.29, 1.82) is 0 Å². The van der Waals surface area contributed by atoms with Crippen LogP contribution in [0.3, 0.4) is 0 Å². The van der Waals surface area contributed by atoms with E-state index < -0.39 is 161 Å². The van der Waals surface area contributed by atoms with E-state index in [9.17, 15) is 38.7 Å². The van der Waals surface area contributed by atoms with Crippen LogP contribution in [0, 0.1) is 59.2 Å². The van der Waals surface area contributed by atoms with Crippen molar-refractivity contribution in [2.45, 2.75) is 236 Å². The number of likely N-dealkylation sites (N-methyl/N-ethyl adjacent to an activating group) is 8. The van der Waals surface area contributed by atoms with Crippen LogP contribution in [0.2, 0.25) is 0 Å². The number of ketones is 3. The molecule has 0 aromatic carbocycles. The fraction of sp³-hybridized carbons (Fsp3) is 0.800. The molecule has 8 amide bonds. The molecule has 0 aliphatic carbocycles. The van der Waals surface area contributed by atoms with Gasteiger partial charge in [-0.25, -0.2) is 4.98 Å². The minimum Gasteiger partial charge on any atom is -0.390 e. The number of hydrogen-bond acceptors (Lipinski definition) is 14. The van der Waals surface area contributed by atoms with Crippen LogP contribution in [0.1, 0.15) is 175 Å². The van der Waals surface area contributed by atoms with Crippen LogP contribution < -0.4 is 5.32 Å². The Kier molecular flexibility index (Phi) is 33.3. The smallest absolute Gasteiger partial charge is 0.246 e. The third kappa shape index (κ3) is 22.8. The van der Waals surface area contributed by atoms with Crippen LogP contribution in [0.4, 0.5) is 0 Å². The van der Waals surface area contributed by atoms with Gasteiger partial charge in [-0.2, -0.15) is 0 Å². The molecule has 2 heterocycles. The van der Waals surface area contributed by atoms with E-state index in [1.54, 1.807) is 40.8 Å². The third-order valence-corrected chi connectivity index (χ3v) is 18.9. The summed E-state index contributed by atoms with van der Waals surface area (Å²) in [6, 6.07) is -9.47. The summed E-state index contributed by atoms with van der Waals surface area (Å²) in [5, 5.41) is 15.4. The van der Waals surface area contributed by atoms with Gasteiger partial charge < -0.3 is 54.2 Å². The highest BCUT2D eigenvalue weighted by Gasteiger charge is 2.46. The van der Waals surface area contributed by atoms with Gasteiger partial charge in [-0.05, 0) is 101 Å². The van der Waals surface area contributed by atoms with Crippen molar-refractivity contribution in [3.63, 3.8) is 0 Å². The number of nitrogens with one attached hydrogen (secondary N) is 1. The lowest BCUT2D eigenvalue weighted by molar-refractivity contribution is -0.157. The lowest BCUT2D eigenvalue weighted by Crippen LogP contribution is -2.62. The van der Waals surface area contributed by atoms with E-state index in [0.29, 0.717) is 18.9 Å². The third-order valence-electron chi connectivity index (χ3n) is 18.9. The van der Waals surface area contributed by atoms with Crippen LogP contribution in [-0.2, 0) is 65.7 Å². The highest BCUT2D eigenvalue weighted by atomic mass is 16.3. The summed E-state index contributed by atoms with van der Waals surface area (Å²) in [4.78, 5) is 179. The summed E-state index contributed by atoms with van der Waals surface area (Å²) in [6.07, 6.45) is 2.04. The maximum atomic E-state index is 15.5. The van der Waals surface area contributed by atoms with E-state index >= 15 is 19.2 Å². The van der Waals surface area contributed by atoms with Gasteiger partial charge in [-0.15, -0.1) is 0 Å². The molecule has 1 aromatic rings. The first-order valence-corrected chi connectivity index (χ1v) is 34.0. The van der Waals surface area contributed by atoms with Crippen molar-refractivity contribution in [2.75, 3.05) is 70.0 Å². The topological polar surface area (TPSA) is 264 Å². The molecule has 1 saturated heterocycles. The highest BCUT2D eigenvalue weighted by molar-refractivity contribution is 6.00. The van der Waals surface area contributed by atoms with Gasteiger partial charge in [0.2, 0.25) is 47.3 Å². The average Bonchev–Trinajstić information content (AvgIpc) is 0.997. The second-order valence-corrected chi connectivity index (χ2v) is 29.6. The molecule has 0 spiro atoms. The Labute approximate surface area is 558 Å². The van der Waals surface area contributed by atoms with Gasteiger partial charge in [0.15, 0.2) is 17.3 Å². The van der Waals surface area contributed by atoms with Gasteiger partial charge in [0.25, 0.3) is 0 Å². The van der Waals surface area contributed by atoms with Crippen LogP contribution >= 0.6 is 0 Å². The first-order valence-electron chi connectivity index (χ1n) is 34.0. The zero-order valence-corrected chi connectivity index (χ0v) is 61.8. The van der Waals surface area contributed by atoms with Crippen molar-refractivity contribution >= 4 is 64.6 Å². The molecule has 0 saturated carbocycles. The molecule has 530 valence electrons. The molecule has 2 N–H and O–H groups in total. The predicted octanol–water partition coefficient (Wildman–Crippen LogP) is 5.96. The van der Waals surface area contributed by atoms with Crippen molar-refractivity contribution in [2.24, 2.45) is 59.2 Å². The van der Waals surface area contributed by atoms with E-state index in [4.69, 9.17) is 0 Å². The number of carbonyl (C=O) groups is 11. The SMILES string of the molecule is CC[C@H]1CC(=O)[C@@H]([C@H](O)[C@H](C)Cc2nccn2CCN(C)C)N(C)C(=O)[C@@H](C(C)C)N(C)C(=O)[C@@H](CC(C)C)N(C)C(=O)[C@@H](CC(C)C)N(C)C(=O)[C@H](C)NC(=O)[C@@H](C)CC(=O)[C@@H](CC(C)C)N(C)C(=O)[C@@H](C(C)C)CC(=O)[C@H](CC(C)C)N(C)C(=O)[C@@H](C)N(C)C1=O. The number of aromatic nitrogens is 2. The maximum absolute atomic E-state index is 15.5. The molecule has 1 aliphatic heterocycles. The molecule has 0 radical (unpaired) electrons. The highest BCUT2D eigenvalue weighted by Crippen LogP contribution is 2.30. The van der Waals surface area contributed by atoms with Gasteiger partial charge in [-0.3, -0.25) is 52.7 Å². The largest absolute Gasteiger partial charge is 0.390 e. The quantitative estimate of drug-likeness (QED) is 0.172. The molecular weight excluding hydrogens is 1190 g/mol. The predicted molar refractivity (Wildman–Crippen MR) is 362 cm³/mol. The first kappa shape index (κ1) is 83.0. The minimum atomic E-state index is -1.57. The zero-order chi connectivity index (χ0) is 71.7. The van der Waals surface area contributed by atoms with E-state index in [0.717, 1.165) is 0 Å². The summed E-state index contributed by atoms with van der Waals surface area (Å²) in [6.45, 7) is 31.7. The van der Waals surface area contributed by atoms with Gasteiger partial charge in [0.1, 0.15) is 42.1 Å². The number of imidazole rings is 1. The summed E-state index contributed by atoms with van der Waals surface area (Å²) >= 11 is 0. The molecule has 23 nitrogen and oxygen atoms in total. The van der Waals surface area contributed by atoms with E-state index in [2.05, 4.69) is 10.3 Å². The van der Waals surface area contributed by atoms with Crippen LogP contribution in [0.25, 0.3) is 0 Å². The summed E-state index contributed by atoms with van der Waals surface area (Å²) in [5.41, 5.74) is 0. The zero-order valence-electron chi connectivity index (χ0n) is 61.8. The number of hydrogen-bond donors (Lipinski definition) is 2. The summed E-state index contributed by atoms with van der Waals surface area (Å²) in [5.74, 6) is -10.6. The fourth-order valence-electron chi connectivity index (χ4n) is 12.7. The number of amides is 8. The molecule has 0 unspecified atom stereocenters.